The lowest BCUT2D eigenvalue weighted by atomic mass is 10.0. The molecule has 1 aromatic carbocycles. The van der Waals surface area contributed by atoms with Gasteiger partial charge < -0.3 is 10.6 Å². The van der Waals surface area contributed by atoms with Crippen LogP contribution in [-0.4, -0.2) is 17.9 Å². The summed E-state index contributed by atoms with van der Waals surface area (Å²) in [4.78, 5) is 24.0. The summed E-state index contributed by atoms with van der Waals surface area (Å²) in [5.74, 6) is -0.132. The zero-order valence-corrected chi connectivity index (χ0v) is 12.2. The minimum absolute atomic E-state index is 0.184. The van der Waals surface area contributed by atoms with Gasteiger partial charge in [-0.25, -0.2) is 0 Å². The molecular weight excluding hydrogens is 276 g/mol. The van der Waals surface area contributed by atoms with Crippen LogP contribution in [0.25, 0.3) is 6.08 Å². The first kappa shape index (κ1) is 14.6. The number of hydrogen-bond acceptors (Lipinski definition) is 2. The third-order valence-corrected chi connectivity index (χ3v) is 3.38. The van der Waals surface area contributed by atoms with Crippen LogP contribution in [0.5, 0.6) is 0 Å². The van der Waals surface area contributed by atoms with E-state index >= 15 is 0 Å². The molecule has 0 radical (unpaired) electrons. The molecular formula is C15H17ClN2O2. The van der Waals surface area contributed by atoms with Gasteiger partial charge in [0.1, 0.15) is 11.7 Å². The highest BCUT2D eigenvalue weighted by Gasteiger charge is 2.30. The van der Waals surface area contributed by atoms with Crippen molar-refractivity contribution in [3.8, 4) is 0 Å². The van der Waals surface area contributed by atoms with Gasteiger partial charge in [-0.1, -0.05) is 43.6 Å². The molecule has 0 bridgehead atoms. The number of nitrogens with one attached hydrogen (secondary N) is 2. The third kappa shape index (κ3) is 3.39. The number of amides is 2. The van der Waals surface area contributed by atoms with Crippen molar-refractivity contribution < 1.29 is 9.59 Å². The second-order valence-electron chi connectivity index (χ2n) is 5.22. The molecule has 2 amide bonds. The van der Waals surface area contributed by atoms with Gasteiger partial charge in [0.2, 0.25) is 5.91 Å². The SMILES string of the molecule is CC(C)C[C@H]1NC(=O)C(=Cc2ccccc2Cl)NC1=O. The van der Waals surface area contributed by atoms with Gasteiger partial charge in [-0.05, 0) is 30.0 Å². The molecule has 0 unspecified atom stereocenters. The molecule has 5 heteroatoms. The summed E-state index contributed by atoms with van der Waals surface area (Å²) in [6.45, 7) is 4.02. The van der Waals surface area contributed by atoms with E-state index in [2.05, 4.69) is 10.6 Å². The predicted molar refractivity (Wildman–Crippen MR) is 79.0 cm³/mol. The number of carbonyl (C=O) groups excluding carboxylic acids is 2. The first-order valence-electron chi connectivity index (χ1n) is 6.55. The van der Waals surface area contributed by atoms with Gasteiger partial charge in [0.15, 0.2) is 0 Å². The fraction of sp³-hybridized carbons (Fsp3) is 0.333. The van der Waals surface area contributed by atoms with Crippen LogP contribution in [0, 0.1) is 5.92 Å². The molecule has 1 atom stereocenters. The monoisotopic (exact) mass is 292 g/mol. The molecule has 106 valence electrons. The second-order valence-corrected chi connectivity index (χ2v) is 5.63. The Labute approximate surface area is 123 Å². The Balaban J connectivity index is 2.18. The molecule has 4 nitrogen and oxygen atoms in total. The zero-order valence-electron chi connectivity index (χ0n) is 11.4. The number of piperazine rings is 1. The van der Waals surface area contributed by atoms with E-state index < -0.39 is 6.04 Å². The Kier molecular flexibility index (Phi) is 4.45. The maximum absolute atomic E-state index is 12.0. The predicted octanol–water partition coefficient (Wildman–Crippen LogP) is 2.34. The van der Waals surface area contributed by atoms with Crippen molar-refractivity contribution in [2.75, 3.05) is 0 Å². The Bertz CT molecular complexity index is 567. The average molecular weight is 293 g/mol. The Morgan fingerprint density at radius 1 is 1.30 bits per heavy atom. The van der Waals surface area contributed by atoms with E-state index in [-0.39, 0.29) is 17.5 Å². The third-order valence-electron chi connectivity index (χ3n) is 3.04. The number of rotatable bonds is 3. The van der Waals surface area contributed by atoms with Crippen molar-refractivity contribution in [3.05, 3.63) is 40.5 Å². The van der Waals surface area contributed by atoms with Crippen LogP contribution in [0.1, 0.15) is 25.8 Å². The average Bonchev–Trinajstić information content (AvgIpc) is 2.37. The van der Waals surface area contributed by atoms with Crippen LogP contribution in [0.15, 0.2) is 30.0 Å². The molecule has 2 rings (SSSR count). The van der Waals surface area contributed by atoms with Crippen LogP contribution in [0.3, 0.4) is 0 Å². The zero-order chi connectivity index (χ0) is 14.7. The van der Waals surface area contributed by atoms with Crippen LogP contribution in [0.4, 0.5) is 0 Å². The molecule has 1 aromatic rings. The lowest BCUT2D eigenvalue weighted by Crippen LogP contribution is -2.55. The normalized spacial score (nSPS) is 21.0. The van der Waals surface area contributed by atoms with E-state index in [1.807, 2.05) is 26.0 Å². The van der Waals surface area contributed by atoms with Gasteiger partial charge in [-0.3, -0.25) is 9.59 Å². The minimum Gasteiger partial charge on any atom is -0.339 e. The molecule has 1 saturated heterocycles. The highest BCUT2D eigenvalue weighted by Crippen LogP contribution is 2.19. The van der Waals surface area contributed by atoms with Crippen molar-refractivity contribution >= 4 is 29.5 Å². The summed E-state index contributed by atoms with van der Waals surface area (Å²) >= 11 is 6.04. The molecule has 0 saturated carbocycles. The summed E-state index contributed by atoms with van der Waals surface area (Å²) in [5, 5.41) is 5.91. The fourth-order valence-corrected chi connectivity index (χ4v) is 2.26. The molecule has 0 spiro atoms. The quantitative estimate of drug-likeness (QED) is 0.840. The standard InChI is InChI=1S/C15H17ClN2O2/c1-9(2)7-12-14(19)18-13(15(20)17-12)8-10-5-3-4-6-11(10)16/h3-6,8-9,12H,7H2,1-2H3,(H,17,20)(H,18,19)/t12-/m1/s1. The summed E-state index contributed by atoms with van der Waals surface area (Å²) in [5.41, 5.74) is 0.921. The molecule has 1 heterocycles. The number of halogens is 1. The molecule has 2 N–H and O–H groups in total. The van der Waals surface area contributed by atoms with E-state index in [4.69, 9.17) is 11.6 Å². The van der Waals surface area contributed by atoms with Crippen molar-refractivity contribution in [2.24, 2.45) is 5.92 Å². The van der Waals surface area contributed by atoms with E-state index in [1.165, 1.54) is 0 Å². The molecule has 0 aromatic heterocycles. The van der Waals surface area contributed by atoms with Crippen molar-refractivity contribution in [2.45, 2.75) is 26.3 Å². The molecule has 1 fully saturated rings. The topological polar surface area (TPSA) is 58.2 Å². The molecule has 1 aliphatic rings. The van der Waals surface area contributed by atoms with Crippen molar-refractivity contribution in [3.63, 3.8) is 0 Å². The Morgan fingerprint density at radius 2 is 2.00 bits per heavy atom. The minimum atomic E-state index is -0.467. The van der Waals surface area contributed by atoms with Gasteiger partial charge in [0.05, 0.1) is 0 Å². The van der Waals surface area contributed by atoms with E-state index in [0.717, 1.165) is 0 Å². The summed E-state index contributed by atoms with van der Waals surface area (Å²) in [6.07, 6.45) is 2.21. The number of hydrogen-bond donors (Lipinski definition) is 2. The van der Waals surface area contributed by atoms with Gasteiger partial charge in [0.25, 0.3) is 5.91 Å². The maximum atomic E-state index is 12.0. The number of benzene rings is 1. The Morgan fingerprint density at radius 3 is 2.65 bits per heavy atom. The van der Waals surface area contributed by atoms with Crippen LogP contribution < -0.4 is 10.6 Å². The number of carbonyl (C=O) groups is 2. The van der Waals surface area contributed by atoms with E-state index in [1.54, 1.807) is 18.2 Å². The first-order chi connectivity index (χ1) is 9.47. The van der Waals surface area contributed by atoms with Gasteiger partial charge in [-0.2, -0.15) is 0 Å². The van der Waals surface area contributed by atoms with Gasteiger partial charge in [-0.15, -0.1) is 0 Å². The van der Waals surface area contributed by atoms with Crippen LogP contribution >= 0.6 is 11.6 Å². The maximum Gasteiger partial charge on any atom is 0.268 e. The Hall–Kier alpha value is -1.81. The summed E-state index contributed by atoms with van der Waals surface area (Å²) in [6, 6.07) is 6.68. The highest BCUT2D eigenvalue weighted by atomic mass is 35.5. The highest BCUT2D eigenvalue weighted by molar-refractivity contribution is 6.32. The van der Waals surface area contributed by atoms with Crippen LogP contribution in [-0.2, 0) is 9.59 Å². The van der Waals surface area contributed by atoms with Crippen LogP contribution in [0.2, 0.25) is 5.02 Å². The fourth-order valence-electron chi connectivity index (χ4n) is 2.06. The molecule has 20 heavy (non-hydrogen) atoms. The largest absolute Gasteiger partial charge is 0.339 e. The summed E-state index contributed by atoms with van der Waals surface area (Å²) in [7, 11) is 0. The van der Waals surface area contributed by atoms with E-state index in [9.17, 15) is 9.59 Å². The lowest BCUT2D eigenvalue weighted by Gasteiger charge is -2.26. The van der Waals surface area contributed by atoms with Crippen molar-refractivity contribution in [1.82, 2.24) is 10.6 Å². The summed E-state index contributed by atoms with van der Waals surface area (Å²) < 4.78 is 0. The van der Waals surface area contributed by atoms with Gasteiger partial charge in [0, 0.05) is 5.02 Å². The molecule has 1 aliphatic heterocycles. The lowest BCUT2D eigenvalue weighted by molar-refractivity contribution is -0.131. The second kappa shape index (κ2) is 6.09. The van der Waals surface area contributed by atoms with Gasteiger partial charge >= 0.3 is 0 Å². The first-order valence-corrected chi connectivity index (χ1v) is 6.93. The van der Waals surface area contributed by atoms with E-state index in [0.29, 0.717) is 22.9 Å². The smallest absolute Gasteiger partial charge is 0.268 e. The molecule has 0 aliphatic carbocycles. The van der Waals surface area contributed by atoms with Crippen molar-refractivity contribution in [1.29, 1.82) is 0 Å².